The van der Waals surface area contributed by atoms with E-state index < -0.39 is 10.0 Å². The highest BCUT2D eigenvalue weighted by atomic mass is 32.2. The fourth-order valence-electron chi connectivity index (χ4n) is 4.36. The molecule has 0 saturated heterocycles. The summed E-state index contributed by atoms with van der Waals surface area (Å²) in [5.41, 5.74) is 5.40. The summed E-state index contributed by atoms with van der Waals surface area (Å²) in [6.45, 7) is 8.35. The van der Waals surface area contributed by atoms with E-state index in [0.717, 1.165) is 16.8 Å². The molecule has 0 fully saturated rings. The molecule has 2 aliphatic carbocycles. The molecule has 0 saturated carbocycles. The Balaban J connectivity index is 1.94. The number of hydrogen-bond donors (Lipinski definition) is 0. The lowest BCUT2D eigenvalue weighted by Crippen LogP contribution is -2.48. The van der Waals surface area contributed by atoms with Gasteiger partial charge in [0, 0.05) is 5.92 Å². The van der Waals surface area contributed by atoms with Gasteiger partial charge in [0.1, 0.15) is 0 Å². The molecule has 140 valence electrons. The molecule has 27 heavy (non-hydrogen) atoms. The van der Waals surface area contributed by atoms with E-state index in [1.54, 1.807) is 16.4 Å². The van der Waals surface area contributed by atoms with Crippen LogP contribution >= 0.6 is 0 Å². The quantitative estimate of drug-likeness (QED) is 0.732. The third kappa shape index (κ3) is 2.74. The van der Waals surface area contributed by atoms with Gasteiger partial charge in [-0.2, -0.15) is 0 Å². The minimum absolute atomic E-state index is 0.128. The van der Waals surface area contributed by atoms with E-state index in [-0.39, 0.29) is 17.9 Å². The van der Waals surface area contributed by atoms with Crippen LogP contribution < -0.4 is 0 Å². The van der Waals surface area contributed by atoms with Crippen molar-refractivity contribution in [3.05, 3.63) is 88.7 Å². The lowest BCUT2D eigenvalue weighted by molar-refractivity contribution is 0.285. The Hall–Kier alpha value is -2.33. The minimum Gasteiger partial charge on any atom is -0.259 e. The van der Waals surface area contributed by atoms with Gasteiger partial charge < -0.3 is 0 Å². The van der Waals surface area contributed by atoms with Crippen LogP contribution in [-0.2, 0) is 10.0 Å². The first kappa shape index (κ1) is 18.1. The summed E-state index contributed by atoms with van der Waals surface area (Å²) in [4.78, 5) is 0.343. The van der Waals surface area contributed by atoms with Crippen LogP contribution in [0.3, 0.4) is 0 Å². The highest BCUT2D eigenvalue weighted by Gasteiger charge is 2.45. The van der Waals surface area contributed by atoms with Crippen LogP contribution in [0.4, 0.5) is 0 Å². The number of nitrogens with zero attached hydrogens (tertiary/aromatic N) is 1. The molecule has 3 aliphatic rings. The number of rotatable bonds is 2. The van der Waals surface area contributed by atoms with E-state index in [1.807, 2.05) is 43.4 Å². The number of aryl methyl sites for hydroxylation is 1. The van der Waals surface area contributed by atoms with E-state index in [1.165, 1.54) is 11.1 Å². The van der Waals surface area contributed by atoms with E-state index in [0.29, 0.717) is 4.90 Å². The maximum absolute atomic E-state index is 13.7. The molecule has 0 radical (unpaired) electrons. The van der Waals surface area contributed by atoms with Crippen molar-refractivity contribution in [1.29, 1.82) is 0 Å². The maximum Gasteiger partial charge on any atom is 0.264 e. The second-order valence-corrected chi connectivity index (χ2v) is 9.60. The molecular weight excluding hydrogens is 354 g/mol. The van der Waals surface area contributed by atoms with Crippen LogP contribution in [0.1, 0.15) is 26.3 Å². The highest BCUT2D eigenvalue weighted by molar-refractivity contribution is 7.89. The Bertz CT molecular complexity index is 1030. The van der Waals surface area contributed by atoms with Gasteiger partial charge in [-0.25, -0.2) is 8.42 Å². The number of allylic oxidation sites excluding steroid dienone is 7. The summed E-state index contributed by atoms with van der Waals surface area (Å²) >= 11 is 0. The number of benzene rings is 1. The van der Waals surface area contributed by atoms with Crippen molar-refractivity contribution < 1.29 is 8.42 Å². The molecule has 4 rings (SSSR count). The molecule has 3 atom stereocenters. The van der Waals surface area contributed by atoms with Gasteiger partial charge in [0.25, 0.3) is 10.0 Å². The largest absolute Gasteiger partial charge is 0.264 e. The van der Waals surface area contributed by atoms with E-state index >= 15 is 0 Å². The Morgan fingerprint density at radius 2 is 1.67 bits per heavy atom. The van der Waals surface area contributed by atoms with E-state index in [4.69, 9.17) is 0 Å². The van der Waals surface area contributed by atoms with Crippen LogP contribution in [0.15, 0.2) is 88.0 Å². The maximum atomic E-state index is 13.7. The van der Waals surface area contributed by atoms with Crippen LogP contribution in [0.2, 0.25) is 0 Å². The SMILES string of the molecule is CC(C)=C1C=CC2=C1[C@@H](C)[C@H]1C=CC=C[C@H]1N2S(=O)(=O)c1ccc(C)cc1. The summed E-state index contributed by atoms with van der Waals surface area (Å²) in [5, 5.41) is 0. The van der Waals surface area contributed by atoms with Crippen molar-refractivity contribution in [2.45, 2.75) is 38.6 Å². The average Bonchev–Trinajstić information content (AvgIpc) is 3.07. The van der Waals surface area contributed by atoms with Crippen molar-refractivity contribution in [2.24, 2.45) is 11.8 Å². The molecule has 1 aromatic carbocycles. The molecule has 0 amide bonds. The van der Waals surface area contributed by atoms with Gasteiger partial charge in [-0.15, -0.1) is 0 Å². The lowest BCUT2D eigenvalue weighted by Gasteiger charge is -2.44. The van der Waals surface area contributed by atoms with Crippen LogP contribution in [0.5, 0.6) is 0 Å². The normalized spacial score (nSPS) is 26.4. The predicted octanol–water partition coefficient (Wildman–Crippen LogP) is 4.91. The Labute approximate surface area is 162 Å². The second-order valence-electron chi connectivity index (χ2n) is 7.79. The number of hydrogen-bond acceptors (Lipinski definition) is 2. The fraction of sp³-hybridized carbons (Fsp3) is 0.304. The van der Waals surface area contributed by atoms with Crippen LogP contribution in [0.25, 0.3) is 0 Å². The van der Waals surface area contributed by atoms with Gasteiger partial charge in [-0.1, -0.05) is 60.6 Å². The van der Waals surface area contributed by atoms with Gasteiger partial charge in [0.05, 0.1) is 16.6 Å². The van der Waals surface area contributed by atoms with Crippen molar-refractivity contribution in [2.75, 3.05) is 0 Å². The Morgan fingerprint density at radius 1 is 1.00 bits per heavy atom. The number of fused-ring (bicyclic) bond motifs is 1. The predicted molar refractivity (Wildman–Crippen MR) is 109 cm³/mol. The smallest absolute Gasteiger partial charge is 0.259 e. The average molecular weight is 380 g/mol. The standard InChI is InChI=1S/C23H25NO2S/c1-15(2)19-13-14-22-23(19)17(4)20-7-5-6-8-21(20)24(22)27(25,26)18-11-9-16(3)10-12-18/h5-14,17,20-21H,1-4H3/t17-,20+,21+/m0/s1. The summed E-state index contributed by atoms with van der Waals surface area (Å²) < 4.78 is 29.0. The summed E-state index contributed by atoms with van der Waals surface area (Å²) in [6.07, 6.45) is 12.2. The second kappa shape index (κ2) is 6.38. The monoisotopic (exact) mass is 379 g/mol. The molecule has 1 aromatic rings. The summed E-state index contributed by atoms with van der Waals surface area (Å²) in [6, 6.07) is 6.93. The topological polar surface area (TPSA) is 37.4 Å². The zero-order valence-electron chi connectivity index (χ0n) is 16.2. The zero-order valence-corrected chi connectivity index (χ0v) is 17.0. The van der Waals surface area contributed by atoms with E-state index in [2.05, 4.69) is 32.9 Å². The molecule has 0 bridgehead atoms. The number of sulfonamides is 1. The molecule has 0 N–H and O–H groups in total. The van der Waals surface area contributed by atoms with Gasteiger partial charge in [0.15, 0.2) is 0 Å². The Morgan fingerprint density at radius 3 is 2.33 bits per heavy atom. The Kier molecular flexibility index (Phi) is 4.26. The highest BCUT2D eigenvalue weighted by Crippen LogP contribution is 2.48. The van der Waals surface area contributed by atoms with Gasteiger partial charge in [0.2, 0.25) is 0 Å². The van der Waals surface area contributed by atoms with Gasteiger partial charge in [-0.05, 0) is 56.0 Å². The molecule has 0 spiro atoms. The lowest BCUT2D eigenvalue weighted by atomic mass is 9.75. The molecule has 0 aromatic heterocycles. The van der Waals surface area contributed by atoms with Gasteiger partial charge >= 0.3 is 0 Å². The first-order chi connectivity index (χ1) is 12.8. The summed E-state index contributed by atoms with van der Waals surface area (Å²) in [5.74, 6) is 0.388. The molecular formula is C23H25NO2S. The van der Waals surface area contributed by atoms with Crippen LogP contribution in [-0.4, -0.2) is 18.8 Å². The summed E-state index contributed by atoms with van der Waals surface area (Å²) in [7, 11) is -3.66. The van der Waals surface area contributed by atoms with Gasteiger partial charge in [-0.3, -0.25) is 4.31 Å². The molecule has 1 aliphatic heterocycles. The first-order valence-electron chi connectivity index (χ1n) is 9.38. The van der Waals surface area contributed by atoms with Crippen molar-refractivity contribution in [3.8, 4) is 0 Å². The third-order valence-corrected chi connectivity index (χ3v) is 7.60. The molecule has 4 heteroatoms. The first-order valence-corrected chi connectivity index (χ1v) is 10.8. The molecule has 0 unspecified atom stereocenters. The zero-order chi connectivity index (χ0) is 19.3. The van der Waals surface area contributed by atoms with Crippen molar-refractivity contribution in [1.82, 2.24) is 4.31 Å². The molecule has 3 nitrogen and oxygen atoms in total. The van der Waals surface area contributed by atoms with Crippen molar-refractivity contribution >= 4 is 10.0 Å². The fourth-order valence-corrected chi connectivity index (χ4v) is 6.02. The molecule has 1 heterocycles. The minimum atomic E-state index is -3.66. The van der Waals surface area contributed by atoms with Crippen molar-refractivity contribution in [3.63, 3.8) is 0 Å². The van der Waals surface area contributed by atoms with Crippen LogP contribution in [0, 0.1) is 18.8 Å². The van der Waals surface area contributed by atoms with E-state index in [9.17, 15) is 8.42 Å². The third-order valence-electron chi connectivity index (χ3n) is 5.78.